The number of benzene rings is 1. The number of carbonyl (C=O) groups excluding carboxylic acids is 1. The van der Waals surface area contributed by atoms with E-state index in [0.717, 1.165) is 5.56 Å². The lowest BCUT2D eigenvalue weighted by Gasteiger charge is -2.17. The number of halogens is 2. The first-order valence-corrected chi connectivity index (χ1v) is 7.14. The number of rotatable bonds is 5. The fourth-order valence-corrected chi connectivity index (χ4v) is 2.10. The summed E-state index contributed by atoms with van der Waals surface area (Å²) in [4.78, 5) is 17.8. The molecular formula is C15H15Cl2N3O. The SMILES string of the molecule is CN(CC(=O)NCc1ccccc1Cl)c1ccc(Cl)cn1. The van der Waals surface area contributed by atoms with Crippen LogP contribution >= 0.6 is 23.2 Å². The van der Waals surface area contributed by atoms with Crippen LogP contribution in [0, 0.1) is 0 Å². The summed E-state index contributed by atoms with van der Waals surface area (Å²) in [5, 5.41) is 4.04. The highest BCUT2D eigenvalue weighted by Crippen LogP contribution is 2.15. The van der Waals surface area contributed by atoms with E-state index in [1.807, 2.05) is 18.2 Å². The molecule has 1 amide bonds. The second kappa shape index (κ2) is 7.29. The van der Waals surface area contributed by atoms with Gasteiger partial charge in [0.2, 0.25) is 5.91 Å². The highest BCUT2D eigenvalue weighted by molar-refractivity contribution is 6.31. The third-order valence-electron chi connectivity index (χ3n) is 2.92. The number of carbonyl (C=O) groups is 1. The van der Waals surface area contributed by atoms with Gasteiger partial charge in [0.15, 0.2) is 0 Å². The Hall–Kier alpha value is -1.78. The van der Waals surface area contributed by atoms with Crippen LogP contribution in [0.2, 0.25) is 10.0 Å². The number of anilines is 1. The zero-order chi connectivity index (χ0) is 15.2. The van der Waals surface area contributed by atoms with E-state index in [2.05, 4.69) is 10.3 Å². The molecule has 2 rings (SSSR count). The van der Waals surface area contributed by atoms with E-state index in [9.17, 15) is 4.79 Å². The van der Waals surface area contributed by atoms with Crippen molar-refractivity contribution >= 4 is 34.9 Å². The number of amides is 1. The minimum Gasteiger partial charge on any atom is -0.350 e. The molecule has 0 saturated carbocycles. The van der Waals surface area contributed by atoms with E-state index in [4.69, 9.17) is 23.2 Å². The number of nitrogens with one attached hydrogen (secondary N) is 1. The molecule has 110 valence electrons. The van der Waals surface area contributed by atoms with Crippen molar-refractivity contribution in [1.82, 2.24) is 10.3 Å². The van der Waals surface area contributed by atoms with E-state index in [0.29, 0.717) is 22.4 Å². The van der Waals surface area contributed by atoms with Gasteiger partial charge in [0, 0.05) is 24.8 Å². The van der Waals surface area contributed by atoms with Crippen molar-refractivity contribution in [2.24, 2.45) is 0 Å². The summed E-state index contributed by atoms with van der Waals surface area (Å²) < 4.78 is 0. The average molecular weight is 324 g/mol. The first-order chi connectivity index (χ1) is 10.1. The summed E-state index contributed by atoms with van der Waals surface area (Å²) in [5.74, 6) is 0.585. The molecule has 1 N–H and O–H groups in total. The number of hydrogen-bond donors (Lipinski definition) is 1. The Labute approximate surface area is 133 Å². The summed E-state index contributed by atoms with van der Waals surface area (Å²) in [5.41, 5.74) is 0.889. The molecule has 1 aromatic carbocycles. The third-order valence-corrected chi connectivity index (χ3v) is 3.51. The molecular weight excluding hydrogens is 309 g/mol. The number of hydrogen-bond acceptors (Lipinski definition) is 3. The first kappa shape index (κ1) is 15.6. The van der Waals surface area contributed by atoms with Crippen LogP contribution in [-0.2, 0) is 11.3 Å². The molecule has 0 bridgehead atoms. The fourth-order valence-electron chi connectivity index (χ4n) is 1.78. The standard InChI is InChI=1S/C15H15Cl2N3O/c1-20(14-7-6-12(16)9-18-14)10-15(21)19-8-11-4-2-3-5-13(11)17/h2-7,9H,8,10H2,1H3,(H,19,21). The van der Waals surface area contributed by atoms with Crippen LogP contribution < -0.4 is 10.2 Å². The normalized spacial score (nSPS) is 10.2. The highest BCUT2D eigenvalue weighted by atomic mass is 35.5. The summed E-state index contributed by atoms with van der Waals surface area (Å²) >= 11 is 11.8. The number of nitrogens with zero attached hydrogens (tertiary/aromatic N) is 2. The quantitative estimate of drug-likeness (QED) is 0.919. The van der Waals surface area contributed by atoms with Gasteiger partial charge in [-0.05, 0) is 23.8 Å². The third kappa shape index (κ3) is 4.62. The van der Waals surface area contributed by atoms with Crippen molar-refractivity contribution in [1.29, 1.82) is 0 Å². The number of aromatic nitrogens is 1. The molecule has 1 heterocycles. The van der Waals surface area contributed by atoms with Crippen LogP contribution in [0.3, 0.4) is 0 Å². The first-order valence-electron chi connectivity index (χ1n) is 6.39. The van der Waals surface area contributed by atoms with Gasteiger partial charge < -0.3 is 10.2 Å². The van der Waals surface area contributed by atoms with Gasteiger partial charge in [0.1, 0.15) is 5.82 Å². The van der Waals surface area contributed by atoms with Crippen LogP contribution in [0.1, 0.15) is 5.56 Å². The molecule has 0 spiro atoms. The van der Waals surface area contributed by atoms with E-state index in [-0.39, 0.29) is 12.5 Å². The molecule has 2 aromatic rings. The number of pyridine rings is 1. The second-order valence-corrected chi connectivity index (χ2v) is 5.40. The van der Waals surface area contributed by atoms with Crippen molar-refractivity contribution in [2.45, 2.75) is 6.54 Å². The smallest absolute Gasteiger partial charge is 0.239 e. The van der Waals surface area contributed by atoms with Crippen LogP contribution in [0.5, 0.6) is 0 Å². The molecule has 0 fully saturated rings. The molecule has 0 radical (unpaired) electrons. The van der Waals surface area contributed by atoms with Crippen molar-refractivity contribution < 1.29 is 4.79 Å². The molecule has 1 aromatic heterocycles. The largest absolute Gasteiger partial charge is 0.350 e. The molecule has 0 aliphatic carbocycles. The van der Waals surface area contributed by atoms with Gasteiger partial charge in [-0.3, -0.25) is 4.79 Å². The zero-order valence-electron chi connectivity index (χ0n) is 11.5. The Bertz CT molecular complexity index is 617. The predicted molar refractivity (Wildman–Crippen MR) is 85.8 cm³/mol. The lowest BCUT2D eigenvalue weighted by Crippen LogP contribution is -2.35. The minimum absolute atomic E-state index is 0.103. The zero-order valence-corrected chi connectivity index (χ0v) is 13.0. The molecule has 0 aliphatic heterocycles. The Kier molecular flexibility index (Phi) is 5.42. The molecule has 6 heteroatoms. The van der Waals surface area contributed by atoms with Crippen molar-refractivity contribution in [3.05, 3.63) is 58.2 Å². The van der Waals surface area contributed by atoms with Crippen molar-refractivity contribution in [3.63, 3.8) is 0 Å². The molecule has 0 aliphatic rings. The van der Waals surface area contributed by atoms with Crippen LogP contribution in [0.25, 0.3) is 0 Å². The van der Waals surface area contributed by atoms with Gasteiger partial charge in [-0.25, -0.2) is 4.98 Å². The van der Waals surface area contributed by atoms with Gasteiger partial charge in [-0.15, -0.1) is 0 Å². The lowest BCUT2D eigenvalue weighted by molar-refractivity contribution is -0.119. The monoisotopic (exact) mass is 323 g/mol. The van der Waals surface area contributed by atoms with E-state index < -0.39 is 0 Å². The van der Waals surface area contributed by atoms with E-state index >= 15 is 0 Å². The maximum atomic E-state index is 11.9. The topological polar surface area (TPSA) is 45.2 Å². The van der Waals surface area contributed by atoms with Gasteiger partial charge in [0.25, 0.3) is 0 Å². The highest BCUT2D eigenvalue weighted by Gasteiger charge is 2.09. The Morgan fingerprint density at radius 2 is 2.00 bits per heavy atom. The Morgan fingerprint density at radius 3 is 2.67 bits per heavy atom. The summed E-state index contributed by atoms with van der Waals surface area (Å²) in [6, 6.07) is 10.9. The molecule has 0 saturated heterocycles. The van der Waals surface area contributed by atoms with Crippen molar-refractivity contribution in [2.75, 3.05) is 18.5 Å². The summed E-state index contributed by atoms with van der Waals surface area (Å²) in [7, 11) is 1.80. The van der Waals surface area contributed by atoms with Crippen LogP contribution in [0.4, 0.5) is 5.82 Å². The molecule has 4 nitrogen and oxygen atoms in total. The molecule has 0 unspecified atom stereocenters. The maximum absolute atomic E-state index is 11.9. The number of likely N-dealkylation sites (N-methyl/N-ethyl adjacent to an activating group) is 1. The summed E-state index contributed by atoms with van der Waals surface area (Å²) in [6.07, 6.45) is 1.55. The second-order valence-electron chi connectivity index (χ2n) is 4.56. The Morgan fingerprint density at radius 1 is 1.24 bits per heavy atom. The van der Waals surface area contributed by atoms with Crippen LogP contribution in [-0.4, -0.2) is 24.5 Å². The lowest BCUT2D eigenvalue weighted by atomic mass is 10.2. The maximum Gasteiger partial charge on any atom is 0.239 e. The minimum atomic E-state index is -0.103. The molecule has 0 atom stereocenters. The Balaban J connectivity index is 1.87. The average Bonchev–Trinajstić information content (AvgIpc) is 2.47. The van der Waals surface area contributed by atoms with E-state index in [1.54, 1.807) is 36.3 Å². The summed E-state index contributed by atoms with van der Waals surface area (Å²) in [6.45, 7) is 0.611. The van der Waals surface area contributed by atoms with Gasteiger partial charge in [0.05, 0.1) is 11.6 Å². The molecule has 21 heavy (non-hydrogen) atoms. The van der Waals surface area contributed by atoms with Crippen LogP contribution in [0.15, 0.2) is 42.6 Å². The van der Waals surface area contributed by atoms with Gasteiger partial charge in [-0.1, -0.05) is 41.4 Å². The fraction of sp³-hybridized carbons (Fsp3) is 0.200. The van der Waals surface area contributed by atoms with Crippen molar-refractivity contribution in [3.8, 4) is 0 Å². The predicted octanol–water partition coefficient (Wildman–Crippen LogP) is 3.14. The van der Waals surface area contributed by atoms with E-state index in [1.165, 1.54) is 0 Å². The van der Waals surface area contributed by atoms with Gasteiger partial charge in [-0.2, -0.15) is 0 Å². The van der Waals surface area contributed by atoms with Gasteiger partial charge >= 0.3 is 0 Å².